The van der Waals surface area contributed by atoms with E-state index in [1.54, 1.807) is 32.9 Å². The Bertz CT molecular complexity index is 616. The predicted molar refractivity (Wildman–Crippen MR) is 78.9 cm³/mol. The quantitative estimate of drug-likeness (QED) is 0.893. The van der Waals surface area contributed by atoms with Crippen molar-refractivity contribution in [2.45, 2.75) is 45.1 Å². The third-order valence-corrected chi connectivity index (χ3v) is 4.93. The van der Waals surface area contributed by atoms with Crippen molar-refractivity contribution in [2.75, 3.05) is 11.5 Å². The van der Waals surface area contributed by atoms with Gasteiger partial charge in [0.2, 0.25) is 0 Å². The molecule has 2 rings (SSSR count). The van der Waals surface area contributed by atoms with Crippen LogP contribution in [0, 0.1) is 0 Å². The molecule has 0 spiro atoms. The van der Waals surface area contributed by atoms with Gasteiger partial charge in [0.15, 0.2) is 9.84 Å². The number of hydrogen-bond acceptors (Lipinski definition) is 6. The van der Waals surface area contributed by atoms with Crippen LogP contribution in [0.25, 0.3) is 0 Å². The van der Waals surface area contributed by atoms with Gasteiger partial charge >= 0.3 is 6.09 Å². The van der Waals surface area contributed by atoms with Crippen LogP contribution in [-0.2, 0) is 21.1 Å². The van der Waals surface area contributed by atoms with Crippen molar-refractivity contribution in [3.63, 3.8) is 0 Å². The zero-order valence-corrected chi connectivity index (χ0v) is 13.7. The summed E-state index contributed by atoms with van der Waals surface area (Å²) in [4.78, 5) is 13.6. The largest absolute Gasteiger partial charge is 0.467 e. The van der Waals surface area contributed by atoms with Crippen molar-refractivity contribution in [2.24, 2.45) is 0 Å². The van der Waals surface area contributed by atoms with Crippen molar-refractivity contribution in [3.05, 3.63) is 24.2 Å². The maximum absolute atomic E-state index is 12.4. The first-order chi connectivity index (χ1) is 10.1. The topological polar surface area (TPSA) is 97.0 Å². The lowest BCUT2D eigenvalue weighted by Gasteiger charge is -2.31. The normalized spacial score (nSPS) is 24.2. The van der Waals surface area contributed by atoms with E-state index in [0.29, 0.717) is 5.76 Å². The summed E-state index contributed by atoms with van der Waals surface area (Å²) in [5.41, 5.74) is -0.721. The Hall–Kier alpha value is -1.54. The average molecular weight is 331 g/mol. The van der Waals surface area contributed by atoms with Gasteiger partial charge in [-0.15, -0.1) is 0 Å². The SMILES string of the molecule is CC(C)(C)OC(=O)N(Cc1ccco1)C1CS(=O)(=O)CC1O. The number of furan rings is 1. The van der Waals surface area contributed by atoms with Crippen molar-refractivity contribution in [3.8, 4) is 0 Å². The monoisotopic (exact) mass is 331 g/mol. The molecular formula is C14H21NO6S. The highest BCUT2D eigenvalue weighted by atomic mass is 32.2. The minimum Gasteiger partial charge on any atom is -0.467 e. The third kappa shape index (κ3) is 4.23. The number of ether oxygens (including phenoxy) is 1. The predicted octanol–water partition coefficient (Wildman–Crippen LogP) is 1.17. The average Bonchev–Trinajstić information content (AvgIpc) is 2.91. The molecule has 22 heavy (non-hydrogen) atoms. The molecule has 2 unspecified atom stereocenters. The van der Waals surface area contributed by atoms with Crippen LogP contribution in [0.2, 0.25) is 0 Å². The van der Waals surface area contributed by atoms with Gasteiger partial charge in [0.1, 0.15) is 11.4 Å². The summed E-state index contributed by atoms with van der Waals surface area (Å²) >= 11 is 0. The van der Waals surface area contributed by atoms with E-state index >= 15 is 0 Å². The first-order valence-corrected chi connectivity index (χ1v) is 8.80. The molecule has 1 aliphatic heterocycles. The van der Waals surface area contributed by atoms with Gasteiger partial charge in [-0.3, -0.25) is 4.90 Å². The van der Waals surface area contributed by atoms with Gasteiger partial charge < -0.3 is 14.3 Å². The van der Waals surface area contributed by atoms with E-state index in [0.717, 1.165) is 0 Å². The van der Waals surface area contributed by atoms with Crippen LogP contribution >= 0.6 is 0 Å². The highest BCUT2D eigenvalue weighted by Crippen LogP contribution is 2.23. The van der Waals surface area contributed by atoms with Crippen molar-refractivity contribution in [1.82, 2.24) is 4.90 Å². The van der Waals surface area contributed by atoms with Gasteiger partial charge in [-0.25, -0.2) is 13.2 Å². The molecule has 124 valence electrons. The van der Waals surface area contributed by atoms with E-state index < -0.39 is 33.7 Å². The Morgan fingerprint density at radius 3 is 2.59 bits per heavy atom. The summed E-state index contributed by atoms with van der Waals surface area (Å²) in [7, 11) is -3.38. The summed E-state index contributed by atoms with van der Waals surface area (Å²) in [6.07, 6.45) is -0.345. The maximum atomic E-state index is 12.4. The second-order valence-electron chi connectivity index (χ2n) is 6.40. The zero-order chi connectivity index (χ0) is 16.5. The molecule has 1 aromatic heterocycles. The van der Waals surface area contributed by atoms with Gasteiger partial charge in [-0.2, -0.15) is 0 Å². The fraction of sp³-hybridized carbons (Fsp3) is 0.643. The summed E-state index contributed by atoms with van der Waals surface area (Å²) < 4.78 is 33.9. The van der Waals surface area contributed by atoms with E-state index in [9.17, 15) is 18.3 Å². The van der Waals surface area contributed by atoms with Crippen LogP contribution in [0.5, 0.6) is 0 Å². The molecule has 0 aromatic carbocycles. The molecule has 7 nitrogen and oxygen atoms in total. The van der Waals surface area contributed by atoms with Crippen molar-refractivity contribution in [1.29, 1.82) is 0 Å². The highest BCUT2D eigenvalue weighted by molar-refractivity contribution is 7.91. The third-order valence-electron chi connectivity index (χ3n) is 3.23. The van der Waals surface area contributed by atoms with E-state index in [1.165, 1.54) is 11.2 Å². The van der Waals surface area contributed by atoms with E-state index in [4.69, 9.17) is 9.15 Å². The fourth-order valence-corrected chi connectivity index (χ4v) is 4.12. The number of sulfone groups is 1. The number of carbonyl (C=O) groups excluding carboxylic acids is 1. The molecule has 1 aromatic rings. The minimum atomic E-state index is -3.38. The lowest BCUT2D eigenvalue weighted by Crippen LogP contribution is -2.48. The molecule has 0 radical (unpaired) electrons. The number of aliphatic hydroxyl groups excluding tert-OH is 1. The Labute approximate surface area is 129 Å². The molecule has 1 amide bonds. The number of amides is 1. The molecule has 1 saturated heterocycles. The Morgan fingerprint density at radius 2 is 2.14 bits per heavy atom. The van der Waals surface area contributed by atoms with Crippen LogP contribution in [0.4, 0.5) is 4.79 Å². The minimum absolute atomic E-state index is 0.0408. The zero-order valence-electron chi connectivity index (χ0n) is 12.9. The number of aliphatic hydroxyl groups is 1. The van der Waals surface area contributed by atoms with Gasteiger partial charge in [0, 0.05) is 0 Å². The molecule has 0 aliphatic carbocycles. The van der Waals surface area contributed by atoms with Gasteiger partial charge in [-0.1, -0.05) is 0 Å². The van der Waals surface area contributed by atoms with E-state index in [1.807, 2.05) is 0 Å². The Kier molecular flexibility index (Phi) is 4.53. The number of rotatable bonds is 3. The van der Waals surface area contributed by atoms with Crippen molar-refractivity contribution >= 4 is 15.9 Å². The molecular weight excluding hydrogens is 310 g/mol. The van der Waals surface area contributed by atoms with Crippen LogP contribution in [0.15, 0.2) is 22.8 Å². The summed E-state index contributed by atoms with van der Waals surface area (Å²) in [6, 6.07) is 2.50. The smallest absolute Gasteiger partial charge is 0.411 e. The van der Waals surface area contributed by atoms with Gasteiger partial charge in [-0.05, 0) is 32.9 Å². The van der Waals surface area contributed by atoms with Crippen LogP contribution in [0.1, 0.15) is 26.5 Å². The lowest BCUT2D eigenvalue weighted by atomic mass is 10.1. The number of nitrogens with zero attached hydrogens (tertiary/aromatic N) is 1. The molecule has 2 atom stereocenters. The summed E-state index contributed by atoms with van der Waals surface area (Å²) in [5.74, 6) is -0.147. The molecule has 1 N–H and O–H groups in total. The second kappa shape index (κ2) is 5.92. The number of carbonyl (C=O) groups is 1. The molecule has 1 fully saturated rings. The van der Waals surface area contributed by atoms with Gasteiger partial charge in [0.05, 0.1) is 36.5 Å². The Balaban J connectivity index is 2.23. The summed E-state index contributed by atoms with van der Waals surface area (Å²) in [6.45, 7) is 5.20. The number of hydrogen-bond donors (Lipinski definition) is 1. The van der Waals surface area contributed by atoms with E-state index in [2.05, 4.69) is 0 Å². The summed E-state index contributed by atoms with van der Waals surface area (Å²) in [5, 5.41) is 10.0. The van der Waals surface area contributed by atoms with Gasteiger partial charge in [0.25, 0.3) is 0 Å². The Morgan fingerprint density at radius 1 is 1.45 bits per heavy atom. The molecule has 0 saturated carbocycles. The molecule has 8 heteroatoms. The lowest BCUT2D eigenvalue weighted by molar-refractivity contribution is -0.000222. The molecule has 0 bridgehead atoms. The second-order valence-corrected chi connectivity index (χ2v) is 8.55. The van der Waals surface area contributed by atoms with Crippen molar-refractivity contribution < 1.29 is 27.5 Å². The fourth-order valence-electron chi connectivity index (χ4n) is 2.32. The van der Waals surface area contributed by atoms with Crippen LogP contribution in [-0.4, -0.2) is 53.8 Å². The molecule has 1 aliphatic rings. The first kappa shape index (κ1) is 16.8. The highest BCUT2D eigenvalue weighted by Gasteiger charge is 2.43. The van der Waals surface area contributed by atoms with Crippen LogP contribution in [0.3, 0.4) is 0 Å². The van der Waals surface area contributed by atoms with Crippen LogP contribution < -0.4 is 0 Å². The standard InChI is InChI=1S/C14H21NO6S/c1-14(2,3)21-13(17)15(7-10-5-4-6-20-10)11-8-22(18,19)9-12(11)16/h4-6,11-12,16H,7-9H2,1-3H3. The molecule has 2 heterocycles. The first-order valence-electron chi connectivity index (χ1n) is 6.98. The van der Waals surface area contributed by atoms with E-state index in [-0.39, 0.29) is 18.1 Å². The maximum Gasteiger partial charge on any atom is 0.411 e.